The largest absolute Gasteiger partial charge is 0.457 e. The molecule has 0 amide bonds. The summed E-state index contributed by atoms with van der Waals surface area (Å²) in [6.45, 7) is 8.46. The highest BCUT2D eigenvalue weighted by Gasteiger charge is 2.12. The fourth-order valence-electron chi connectivity index (χ4n) is 2.31. The molecule has 0 saturated carbocycles. The Morgan fingerprint density at radius 3 is 2.40 bits per heavy atom. The van der Waals surface area contributed by atoms with Crippen LogP contribution in [0.5, 0.6) is 11.5 Å². The first-order valence-corrected chi connectivity index (χ1v) is 7.04. The predicted octanol–water partition coefficient (Wildman–Crippen LogP) is 4.68. The average molecular weight is 269 g/mol. The van der Waals surface area contributed by atoms with E-state index in [-0.39, 0.29) is 6.04 Å². The van der Waals surface area contributed by atoms with E-state index in [1.165, 1.54) is 22.3 Å². The minimum absolute atomic E-state index is 0.261. The van der Waals surface area contributed by atoms with Crippen molar-refractivity contribution in [2.75, 3.05) is 7.05 Å². The van der Waals surface area contributed by atoms with Crippen LogP contribution in [0, 0.1) is 20.8 Å². The SMILES string of the molecule is CNC(C)c1ccccc1Oc1cc(C)cc(C)c1C. The molecule has 2 nitrogen and oxygen atoms in total. The number of para-hydroxylation sites is 1. The Balaban J connectivity index is 2.40. The molecule has 2 rings (SSSR count). The zero-order valence-corrected chi connectivity index (χ0v) is 12.9. The fraction of sp³-hybridized carbons (Fsp3) is 0.333. The summed E-state index contributed by atoms with van der Waals surface area (Å²) in [5.41, 5.74) is 4.86. The van der Waals surface area contributed by atoms with Crippen molar-refractivity contribution in [2.45, 2.75) is 33.7 Å². The highest BCUT2D eigenvalue weighted by Crippen LogP contribution is 2.32. The topological polar surface area (TPSA) is 21.3 Å². The van der Waals surface area contributed by atoms with Crippen LogP contribution in [0.4, 0.5) is 0 Å². The molecule has 1 N–H and O–H groups in total. The number of hydrogen-bond acceptors (Lipinski definition) is 2. The van der Waals surface area contributed by atoms with Crippen molar-refractivity contribution in [3.63, 3.8) is 0 Å². The van der Waals surface area contributed by atoms with Crippen LogP contribution in [0.2, 0.25) is 0 Å². The standard InChI is InChI=1S/C18H23NO/c1-12-10-13(2)14(3)18(11-12)20-17-9-7-6-8-16(17)15(4)19-5/h6-11,15,19H,1-5H3. The third-order valence-corrected chi connectivity index (χ3v) is 3.80. The normalized spacial score (nSPS) is 12.2. The zero-order chi connectivity index (χ0) is 14.7. The second-order valence-corrected chi connectivity index (χ2v) is 5.36. The highest BCUT2D eigenvalue weighted by molar-refractivity contribution is 5.46. The van der Waals surface area contributed by atoms with Crippen molar-refractivity contribution in [3.8, 4) is 11.5 Å². The molecule has 0 radical (unpaired) electrons. The van der Waals surface area contributed by atoms with Gasteiger partial charge in [-0.3, -0.25) is 0 Å². The Labute approximate surface area is 121 Å². The van der Waals surface area contributed by atoms with Gasteiger partial charge in [-0.2, -0.15) is 0 Å². The van der Waals surface area contributed by atoms with Gasteiger partial charge in [0.05, 0.1) is 0 Å². The first kappa shape index (κ1) is 14.6. The van der Waals surface area contributed by atoms with E-state index in [1.54, 1.807) is 0 Å². The summed E-state index contributed by atoms with van der Waals surface area (Å²) in [5.74, 6) is 1.86. The van der Waals surface area contributed by atoms with E-state index >= 15 is 0 Å². The Morgan fingerprint density at radius 1 is 1.00 bits per heavy atom. The molecule has 0 saturated heterocycles. The summed E-state index contributed by atoms with van der Waals surface area (Å²) in [4.78, 5) is 0. The van der Waals surface area contributed by atoms with Crippen LogP contribution in [0.3, 0.4) is 0 Å². The number of aryl methyl sites for hydroxylation is 2. The van der Waals surface area contributed by atoms with E-state index in [4.69, 9.17) is 4.74 Å². The molecule has 2 aromatic rings. The number of ether oxygens (including phenoxy) is 1. The van der Waals surface area contributed by atoms with Gasteiger partial charge in [-0.15, -0.1) is 0 Å². The minimum atomic E-state index is 0.261. The zero-order valence-electron chi connectivity index (χ0n) is 12.9. The second-order valence-electron chi connectivity index (χ2n) is 5.36. The van der Waals surface area contributed by atoms with Gasteiger partial charge in [0.1, 0.15) is 11.5 Å². The lowest BCUT2D eigenvalue weighted by Gasteiger charge is -2.18. The van der Waals surface area contributed by atoms with Gasteiger partial charge >= 0.3 is 0 Å². The monoisotopic (exact) mass is 269 g/mol. The molecule has 106 valence electrons. The van der Waals surface area contributed by atoms with Crippen molar-refractivity contribution < 1.29 is 4.74 Å². The van der Waals surface area contributed by atoms with Crippen LogP contribution in [0.15, 0.2) is 36.4 Å². The van der Waals surface area contributed by atoms with Gasteiger partial charge in [0.15, 0.2) is 0 Å². The molecule has 0 aromatic heterocycles. The number of rotatable bonds is 4. The van der Waals surface area contributed by atoms with Gasteiger partial charge < -0.3 is 10.1 Å². The van der Waals surface area contributed by atoms with Crippen LogP contribution in [-0.4, -0.2) is 7.05 Å². The number of hydrogen-bond donors (Lipinski definition) is 1. The van der Waals surface area contributed by atoms with Crippen LogP contribution in [0.1, 0.15) is 35.2 Å². The van der Waals surface area contributed by atoms with Crippen molar-refractivity contribution in [3.05, 3.63) is 58.7 Å². The molecule has 2 heteroatoms. The van der Waals surface area contributed by atoms with Crippen molar-refractivity contribution in [1.29, 1.82) is 0 Å². The first-order valence-electron chi connectivity index (χ1n) is 7.04. The summed E-state index contributed by atoms with van der Waals surface area (Å²) in [5, 5.41) is 3.26. The first-order chi connectivity index (χ1) is 9.52. The van der Waals surface area contributed by atoms with Crippen LogP contribution >= 0.6 is 0 Å². The molecule has 0 spiro atoms. The Kier molecular flexibility index (Phi) is 4.46. The van der Waals surface area contributed by atoms with Gasteiger partial charge in [-0.25, -0.2) is 0 Å². The third-order valence-electron chi connectivity index (χ3n) is 3.80. The lowest BCUT2D eigenvalue weighted by Crippen LogP contribution is -2.13. The second kappa shape index (κ2) is 6.10. The molecule has 2 aromatic carbocycles. The fourth-order valence-corrected chi connectivity index (χ4v) is 2.31. The Hall–Kier alpha value is -1.80. The van der Waals surface area contributed by atoms with Crippen molar-refractivity contribution >= 4 is 0 Å². The Morgan fingerprint density at radius 2 is 1.70 bits per heavy atom. The third kappa shape index (κ3) is 3.02. The van der Waals surface area contributed by atoms with Crippen LogP contribution in [0.25, 0.3) is 0 Å². The minimum Gasteiger partial charge on any atom is -0.457 e. The van der Waals surface area contributed by atoms with E-state index in [1.807, 2.05) is 25.2 Å². The smallest absolute Gasteiger partial charge is 0.132 e. The Bertz CT molecular complexity index is 604. The molecular weight excluding hydrogens is 246 g/mol. The van der Waals surface area contributed by atoms with Crippen molar-refractivity contribution in [1.82, 2.24) is 5.32 Å². The molecule has 0 fully saturated rings. The van der Waals surface area contributed by atoms with E-state index in [0.29, 0.717) is 0 Å². The molecule has 1 atom stereocenters. The van der Waals surface area contributed by atoms with E-state index < -0.39 is 0 Å². The summed E-state index contributed by atoms with van der Waals surface area (Å²) >= 11 is 0. The maximum Gasteiger partial charge on any atom is 0.132 e. The van der Waals surface area contributed by atoms with Crippen molar-refractivity contribution in [2.24, 2.45) is 0 Å². The van der Waals surface area contributed by atoms with Crippen LogP contribution in [-0.2, 0) is 0 Å². The van der Waals surface area contributed by atoms with Crippen LogP contribution < -0.4 is 10.1 Å². The van der Waals surface area contributed by atoms with Gasteiger partial charge in [-0.1, -0.05) is 24.3 Å². The maximum absolute atomic E-state index is 6.18. The van der Waals surface area contributed by atoms with E-state index in [9.17, 15) is 0 Å². The molecule has 0 bridgehead atoms. The number of benzene rings is 2. The predicted molar refractivity (Wildman–Crippen MR) is 84.6 cm³/mol. The summed E-state index contributed by atoms with van der Waals surface area (Å²) in [6, 6.07) is 12.7. The van der Waals surface area contributed by atoms with Gasteiger partial charge in [-0.05, 0) is 63.6 Å². The van der Waals surface area contributed by atoms with E-state index in [0.717, 1.165) is 11.5 Å². The van der Waals surface area contributed by atoms with Gasteiger partial charge in [0.2, 0.25) is 0 Å². The average Bonchev–Trinajstić information content (AvgIpc) is 2.44. The maximum atomic E-state index is 6.18. The molecule has 20 heavy (non-hydrogen) atoms. The molecular formula is C18H23NO. The van der Waals surface area contributed by atoms with Gasteiger partial charge in [0.25, 0.3) is 0 Å². The lowest BCUT2D eigenvalue weighted by atomic mass is 10.0. The summed E-state index contributed by atoms with van der Waals surface area (Å²) in [6.07, 6.45) is 0. The molecule has 0 aliphatic heterocycles. The molecule has 1 unspecified atom stereocenters. The quantitative estimate of drug-likeness (QED) is 0.869. The summed E-state index contributed by atoms with van der Waals surface area (Å²) in [7, 11) is 1.96. The number of nitrogens with one attached hydrogen (secondary N) is 1. The molecule has 0 aliphatic rings. The summed E-state index contributed by atoms with van der Waals surface area (Å²) < 4.78 is 6.18. The molecule has 0 heterocycles. The molecule has 0 aliphatic carbocycles. The highest BCUT2D eigenvalue weighted by atomic mass is 16.5. The van der Waals surface area contributed by atoms with E-state index in [2.05, 4.69) is 51.2 Å². The lowest BCUT2D eigenvalue weighted by molar-refractivity contribution is 0.462. The van der Waals surface area contributed by atoms with Gasteiger partial charge in [0, 0.05) is 11.6 Å².